The molecule has 2 rings (SSSR count). The predicted molar refractivity (Wildman–Crippen MR) is 176 cm³/mol. The second kappa shape index (κ2) is 17.7. The van der Waals surface area contributed by atoms with Crippen LogP contribution in [0.3, 0.4) is 0 Å². The van der Waals surface area contributed by atoms with Crippen LogP contribution in [0.2, 0.25) is 0 Å². The first-order valence-corrected chi connectivity index (χ1v) is 14.4. The van der Waals surface area contributed by atoms with Gasteiger partial charge < -0.3 is 41.0 Å². The number of carbonyl (C=O) groups is 5. The van der Waals surface area contributed by atoms with Crippen LogP contribution in [0.5, 0.6) is 11.5 Å². The molecule has 2 aromatic carbocycles. The van der Waals surface area contributed by atoms with Gasteiger partial charge in [-0.25, -0.2) is 14.4 Å². The van der Waals surface area contributed by atoms with Crippen LogP contribution >= 0.6 is 0 Å². The van der Waals surface area contributed by atoms with Gasteiger partial charge in [-0.3, -0.25) is 15.0 Å². The number of hydrogen-bond donors (Lipinski definition) is 5. The first kappa shape index (κ1) is 38.3. The largest absolute Gasteiger partial charge is 0.448 e. The van der Waals surface area contributed by atoms with Gasteiger partial charge in [-0.1, -0.05) is 44.2 Å². The molecule has 0 bridgehead atoms. The SMILES string of the molecule is CC=CC(=N)C(=O)Oc1ccccc1C(=O)Oc1ccccc1C(=O)OC(C(=O)NCCC(=O)N=C(N)N=C(N)N(C)C)C(C)(C)CO. The van der Waals surface area contributed by atoms with E-state index in [0.717, 1.165) is 0 Å². The maximum atomic E-state index is 13.4. The van der Waals surface area contributed by atoms with Gasteiger partial charge in [0.25, 0.3) is 11.8 Å². The highest BCUT2D eigenvalue weighted by molar-refractivity contribution is 6.40. The smallest absolute Gasteiger partial charge is 0.361 e. The van der Waals surface area contributed by atoms with Gasteiger partial charge in [0, 0.05) is 32.5 Å². The molecule has 2 aromatic rings. The molecule has 0 heterocycles. The standard InChI is InChI=1S/C32H39N7O9/c1-6-11-21(33)29(45)47-23-15-10-7-12-19(23)27(43)46-22-14-9-8-13-20(22)28(44)48-25(32(2,3)18-40)26(42)36-17-16-24(41)37-30(34)38-31(35)39(4)5/h6-15,25,33,40H,16-18H2,1-5H3,(H,36,42)(H4,34,35,37,38,41). The lowest BCUT2D eigenvalue weighted by Crippen LogP contribution is -2.48. The number of carbonyl (C=O) groups excluding carboxylic acids is 5. The van der Waals surface area contributed by atoms with Crippen molar-refractivity contribution in [2.24, 2.45) is 26.9 Å². The average molecular weight is 666 g/mol. The Balaban J connectivity index is 2.21. The molecule has 256 valence electrons. The number of nitrogens with zero attached hydrogens (tertiary/aromatic N) is 3. The van der Waals surface area contributed by atoms with Crippen LogP contribution in [0.25, 0.3) is 0 Å². The lowest BCUT2D eigenvalue weighted by atomic mass is 9.86. The molecular weight excluding hydrogens is 626 g/mol. The summed E-state index contributed by atoms with van der Waals surface area (Å²) >= 11 is 0. The summed E-state index contributed by atoms with van der Waals surface area (Å²) in [6.07, 6.45) is 0.864. The Labute approximate surface area is 277 Å². The molecule has 0 radical (unpaired) electrons. The zero-order chi connectivity index (χ0) is 36.0. The van der Waals surface area contributed by atoms with Crippen molar-refractivity contribution in [3.05, 3.63) is 71.8 Å². The van der Waals surface area contributed by atoms with Gasteiger partial charge in [0.2, 0.25) is 5.96 Å². The van der Waals surface area contributed by atoms with Crippen molar-refractivity contribution >= 4 is 47.4 Å². The van der Waals surface area contributed by atoms with Crippen LogP contribution in [-0.4, -0.2) is 90.7 Å². The lowest BCUT2D eigenvalue weighted by Gasteiger charge is -2.31. The molecule has 0 aromatic heterocycles. The second-order valence-corrected chi connectivity index (χ2v) is 10.9. The van der Waals surface area contributed by atoms with E-state index in [0.29, 0.717) is 0 Å². The fourth-order valence-electron chi connectivity index (χ4n) is 3.63. The Hall–Kier alpha value is -5.90. The van der Waals surface area contributed by atoms with Crippen molar-refractivity contribution in [1.82, 2.24) is 10.2 Å². The van der Waals surface area contributed by atoms with Gasteiger partial charge in [-0.2, -0.15) is 9.98 Å². The van der Waals surface area contributed by atoms with E-state index in [-0.39, 0.29) is 47.5 Å². The number of nitrogens with two attached hydrogens (primary N) is 2. The van der Waals surface area contributed by atoms with Gasteiger partial charge in [-0.05, 0) is 37.3 Å². The number of para-hydroxylation sites is 2. The monoisotopic (exact) mass is 665 g/mol. The van der Waals surface area contributed by atoms with Crippen LogP contribution in [-0.2, 0) is 19.1 Å². The fourth-order valence-corrected chi connectivity index (χ4v) is 3.63. The van der Waals surface area contributed by atoms with Gasteiger partial charge >= 0.3 is 17.9 Å². The first-order chi connectivity index (χ1) is 22.6. The number of aliphatic imine (C=N–C) groups is 2. The highest BCUT2D eigenvalue weighted by Crippen LogP contribution is 2.28. The number of nitrogens with one attached hydrogen (secondary N) is 2. The molecule has 0 aliphatic heterocycles. The van der Waals surface area contributed by atoms with Gasteiger partial charge in [0.1, 0.15) is 28.3 Å². The van der Waals surface area contributed by atoms with Gasteiger partial charge in [0.15, 0.2) is 12.1 Å². The van der Waals surface area contributed by atoms with Crippen LogP contribution in [0.15, 0.2) is 70.7 Å². The second-order valence-electron chi connectivity index (χ2n) is 10.9. The maximum absolute atomic E-state index is 13.4. The van der Waals surface area contributed by atoms with E-state index >= 15 is 0 Å². The number of esters is 3. The number of hydrogen-bond acceptors (Lipinski definition) is 10. The summed E-state index contributed by atoms with van der Waals surface area (Å²) in [6.45, 7) is 3.79. The number of amides is 2. The number of rotatable bonds is 13. The van der Waals surface area contributed by atoms with Crippen molar-refractivity contribution < 1.29 is 43.3 Å². The van der Waals surface area contributed by atoms with Crippen molar-refractivity contribution in [2.45, 2.75) is 33.3 Å². The quantitative estimate of drug-likeness (QED) is 0.0876. The molecule has 0 aliphatic carbocycles. The van der Waals surface area contributed by atoms with Crippen LogP contribution < -0.4 is 26.3 Å². The summed E-state index contributed by atoms with van der Waals surface area (Å²) in [5, 5.41) is 20.2. The number of aliphatic hydroxyl groups excluding tert-OH is 1. The molecule has 0 saturated heterocycles. The summed E-state index contributed by atoms with van der Waals surface area (Å²) in [5.41, 5.74) is 9.09. The number of aliphatic hydroxyl groups is 1. The van der Waals surface area contributed by atoms with Crippen molar-refractivity contribution in [1.29, 1.82) is 5.41 Å². The molecule has 1 atom stereocenters. The van der Waals surface area contributed by atoms with E-state index in [4.69, 9.17) is 31.1 Å². The normalized spacial score (nSPS) is 12.5. The van der Waals surface area contributed by atoms with Crippen LogP contribution in [0, 0.1) is 10.8 Å². The minimum absolute atomic E-state index is 0.0257. The van der Waals surface area contributed by atoms with Crippen molar-refractivity contribution in [3.63, 3.8) is 0 Å². The summed E-state index contributed by atoms with van der Waals surface area (Å²) in [6, 6.07) is 11.2. The molecule has 16 heteroatoms. The van der Waals surface area contributed by atoms with Gasteiger partial charge in [-0.15, -0.1) is 0 Å². The molecule has 48 heavy (non-hydrogen) atoms. The third kappa shape index (κ3) is 11.2. The van der Waals surface area contributed by atoms with E-state index in [2.05, 4.69) is 15.3 Å². The topological polar surface area (TPSA) is 249 Å². The molecule has 16 nitrogen and oxygen atoms in total. The van der Waals surface area contributed by atoms with Crippen molar-refractivity contribution in [2.75, 3.05) is 27.2 Å². The van der Waals surface area contributed by atoms with Crippen LogP contribution in [0.4, 0.5) is 0 Å². The molecule has 1 unspecified atom stereocenters. The minimum Gasteiger partial charge on any atom is -0.448 e. The number of ether oxygens (including phenoxy) is 3. The average Bonchev–Trinajstić information content (AvgIpc) is 3.03. The molecule has 7 N–H and O–H groups in total. The Morgan fingerprint density at radius 1 is 0.958 bits per heavy atom. The summed E-state index contributed by atoms with van der Waals surface area (Å²) in [7, 11) is 3.24. The summed E-state index contributed by atoms with van der Waals surface area (Å²) in [4.78, 5) is 72.9. The summed E-state index contributed by atoms with van der Waals surface area (Å²) < 4.78 is 16.2. The number of benzene rings is 2. The Kier molecular flexibility index (Phi) is 14.1. The predicted octanol–water partition coefficient (Wildman–Crippen LogP) is 1.17. The zero-order valence-electron chi connectivity index (χ0n) is 27.2. The molecular formula is C32H39N7O9. The Morgan fingerprint density at radius 3 is 2.08 bits per heavy atom. The van der Waals surface area contributed by atoms with E-state index in [1.807, 2.05) is 0 Å². The molecule has 0 saturated carbocycles. The van der Waals surface area contributed by atoms with Crippen molar-refractivity contribution in [3.8, 4) is 11.5 Å². The molecule has 0 spiro atoms. The third-order valence-corrected chi connectivity index (χ3v) is 6.32. The highest BCUT2D eigenvalue weighted by atomic mass is 16.6. The maximum Gasteiger partial charge on any atom is 0.361 e. The Bertz CT molecular complexity index is 1630. The zero-order valence-corrected chi connectivity index (χ0v) is 27.2. The van der Waals surface area contributed by atoms with E-state index in [9.17, 15) is 29.1 Å². The number of allylic oxidation sites excluding steroid dienone is 1. The highest BCUT2D eigenvalue weighted by Gasteiger charge is 2.39. The van der Waals surface area contributed by atoms with E-state index < -0.39 is 53.6 Å². The lowest BCUT2D eigenvalue weighted by molar-refractivity contribution is -0.138. The van der Waals surface area contributed by atoms with E-state index in [1.54, 1.807) is 21.0 Å². The van der Waals surface area contributed by atoms with Crippen LogP contribution in [0.1, 0.15) is 47.9 Å². The molecule has 0 aliphatic rings. The fraction of sp³-hybridized carbons (Fsp3) is 0.312. The molecule has 2 amide bonds. The molecule has 0 fully saturated rings. The minimum atomic E-state index is -1.56. The van der Waals surface area contributed by atoms with E-state index in [1.165, 1.54) is 79.4 Å². The summed E-state index contributed by atoms with van der Waals surface area (Å²) in [5.74, 6) is -5.37. The Morgan fingerprint density at radius 2 is 1.52 bits per heavy atom. The third-order valence-electron chi connectivity index (χ3n) is 6.32. The number of guanidine groups is 2. The first-order valence-electron chi connectivity index (χ1n) is 14.4. The van der Waals surface area contributed by atoms with Gasteiger partial charge in [0.05, 0.1) is 6.61 Å².